The molecule has 1 heterocycles. The lowest BCUT2D eigenvalue weighted by Gasteiger charge is -2.35. The molecule has 6 nitrogen and oxygen atoms in total. The summed E-state index contributed by atoms with van der Waals surface area (Å²) in [5.41, 5.74) is 0.447. The van der Waals surface area contributed by atoms with Gasteiger partial charge in [-0.25, -0.2) is 0 Å². The molecule has 0 aliphatic carbocycles. The molecule has 2 amide bonds. The number of hydrogen-bond acceptors (Lipinski definition) is 5. The van der Waals surface area contributed by atoms with Crippen molar-refractivity contribution in [3.05, 3.63) is 28.3 Å². The Bertz CT molecular complexity index is 720. The smallest absolute Gasteiger partial charge is 0.265 e. The Morgan fingerprint density at radius 1 is 1.21 bits per heavy atom. The summed E-state index contributed by atoms with van der Waals surface area (Å²) in [4.78, 5) is 27.8. The standard InChI is InChI=1S/C16H17ClN2O4S/c1-4-18-14(21)10(15(22)19(5-2)16(18)24)6-9-7-11(17)13(20)12(8-9)23-3/h6-8,20H,4-5H2,1-3H3. The largest absolute Gasteiger partial charge is 0.503 e. The molecule has 0 atom stereocenters. The molecule has 1 aliphatic heterocycles. The number of likely N-dealkylation sites (N-methyl/N-ethyl adjacent to an activating group) is 2. The summed E-state index contributed by atoms with van der Waals surface area (Å²) in [7, 11) is 1.38. The molecule has 1 N–H and O–H groups in total. The van der Waals surface area contributed by atoms with E-state index in [-0.39, 0.29) is 27.2 Å². The van der Waals surface area contributed by atoms with Crippen molar-refractivity contribution in [1.82, 2.24) is 9.80 Å². The number of thiocarbonyl (C=S) groups is 1. The number of aromatic hydroxyl groups is 1. The maximum Gasteiger partial charge on any atom is 0.265 e. The van der Waals surface area contributed by atoms with Crippen molar-refractivity contribution in [3.63, 3.8) is 0 Å². The molecule has 0 unspecified atom stereocenters. The molecular weight excluding hydrogens is 352 g/mol. The second-order valence-corrected chi connectivity index (χ2v) is 5.77. The lowest BCUT2D eigenvalue weighted by molar-refractivity contribution is -0.133. The van der Waals surface area contributed by atoms with Crippen molar-refractivity contribution in [2.45, 2.75) is 13.8 Å². The quantitative estimate of drug-likeness (QED) is 0.502. The maximum atomic E-state index is 12.6. The van der Waals surface area contributed by atoms with Crippen LogP contribution >= 0.6 is 23.8 Å². The lowest BCUT2D eigenvalue weighted by Crippen LogP contribution is -2.55. The number of ether oxygens (including phenoxy) is 1. The fraction of sp³-hybridized carbons (Fsp3) is 0.312. The summed E-state index contributed by atoms with van der Waals surface area (Å²) in [6.45, 7) is 4.29. The van der Waals surface area contributed by atoms with E-state index in [4.69, 9.17) is 28.6 Å². The van der Waals surface area contributed by atoms with Crippen LogP contribution in [0.5, 0.6) is 11.5 Å². The number of halogens is 1. The van der Waals surface area contributed by atoms with Gasteiger partial charge in [-0.3, -0.25) is 19.4 Å². The van der Waals surface area contributed by atoms with Crippen LogP contribution in [0.15, 0.2) is 17.7 Å². The van der Waals surface area contributed by atoms with Crippen molar-refractivity contribution in [3.8, 4) is 11.5 Å². The average molecular weight is 369 g/mol. The van der Waals surface area contributed by atoms with E-state index < -0.39 is 11.8 Å². The summed E-state index contributed by atoms with van der Waals surface area (Å²) >= 11 is 11.2. The molecule has 8 heteroatoms. The van der Waals surface area contributed by atoms with Gasteiger partial charge >= 0.3 is 0 Å². The zero-order chi connectivity index (χ0) is 18.0. The van der Waals surface area contributed by atoms with Gasteiger partial charge in [0, 0.05) is 13.1 Å². The molecule has 0 radical (unpaired) electrons. The third-order valence-electron chi connectivity index (χ3n) is 3.63. The second kappa shape index (κ2) is 7.19. The van der Waals surface area contributed by atoms with Crippen LogP contribution in [0.4, 0.5) is 0 Å². The minimum atomic E-state index is -0.458. The normalized spacial score (nSPS) is 15.2. The molecule has 1 aromatic carbocycles. The van der Waals surface area contributed by atoms with Crippen LogP contribution in [0, 0.1) is 0 Å². The van der Waals surface area contributed by atoms with Gasteiger partial charge in [-0.2, -0.15) is 0 Å². The molecule has 1 fully saturated rings. The zero-order valence-electron chi connectivity index (χ0n) is 13.5. The van der Waals surface area contributed by atoms with Crippen molar-refractivity contribution in [1.29, 1.82) is 0 Å². The fourth-order valence-corrected chi connectivity index (χ4v) is 3.03. The highest BCUT2D eigenvalue weighted by Crippen LogP contribution is 2.35. The van der Waals surface area contributed by atoms with E-state index in [1.54, 1.807) is 13.8 Å². The molecule has 2 rings (SSSR count). The number of amides is 2. The predicted molar refractivity (Wildman–Crippen MR) is 95.0 cm³/mol. The molecule has 1 saturated heterocycles. The second-order valence-electron chi connectivity index (χ2n) is 4.99. The zero-order valence-corrected chi connectivity index (χ0v) is 15.1. The van der Waals surface area contributed by atoms with Gasteiger partial charge in [0.2, 0.25) is 0 Å². The molecule has 0 aromatic heterocycles. The molecule has 1 aromatic rings. The Morgan fingerprint density at radius 3 is 2.21 bits per heavy atom. The van der Waals surface area contributed by atoms with Crippen LogP contribution < -0.4 is 4.74 Å². The van der Waals surface area contributed by atoms with E-state index in [1.165, 1.54) is 35.1 Å². The lowest BCUT2D eigenvalue weighted by atomic mass is 10.1. The van der Waals surface area contributed by atoms with Gasteiger partial charge in [0.05, 0.1) is 12.1 Å². The number of carbonyl (C=O) groups excluding carboxylic acids is 2. The van der Waals surface area contributed by atoms with E-state index >= 15 is 0 Å². The van der Waals surface area contributed by atoms with E-state index in [0.29, 0.717) is 18.7 Å². The van der Waals surface area contributed by atoms with Crippen molar-refractivity contribution in [2.75, 3.05) is 20.2 Å². The number of phenolic OH excluding ortho intramolecular Hbond substituents is 1. The molecule has 0 spiro atoms. The molecular formula is C16H17ClN2O4S. The Hall–Kier alpha value is -2.12. The third-order valence-corrected chi connectivity index (χ3v) is 4.36. The number of rotatable bonds is 4. The highest BCUT2D eigenvalue weighted by Gasteiger charge is 2.37. The van der Waals surface area contributed by atoms with Crippen LogP contribution in [0.2, 0.25) is 5.02 Å². The first-order chi connectivity index (χ1) is 11.3. The van der Waals surface area contributed by atoms with Crippen LogP contribution in [-0.2, 0) is 9.59 Å². The highest BCUT2D eigenvalue weighted by atomic mass is 35.5. The van der Waals surface area contributed by atoms with Crippen LogP contribution in [0.1, 0.15) is 19.4 Å². The SMILES string of the molecule is CCN1C(=O)C(=Cc2cc(Cl)c(O)c(OC)c2)C(=O)N(CC)C1=S. The average Bonchev–Trinajstić information content (AvgIpc) is 2.55. The number of nitrogens with zero attached hydrogens (tertiary/aromatic N) is 2. The molecule has 0 saturated carbocycles. The number of phenols is 1. The van der Waals surface area contributed by atoms with Crippen LogP contribution in [-0.4, -0.2) is 52.0 Å². The summed E-state index contributed by atoms with van der Waals surface area (Å²) in [6, 6.07) is 2.95. The summed E-state index contributed by atoms with van der Waals surface area (Å²) in [5.74, 6) is -0.963. The minimum Gasteiger partial charge on any atom is -0.503 e. The summed E-state index contributed by atoms with van der Waals surface area (Å²) < 4.78 is 5.04. The van der Waals surface area contributed by atoms with Crippen molar-refractivity contribution >= 4 is 46.8 Å². The molecule has 128 valence electrons. The van der Waals surface area contributed by atoms with Crippen molar-refractivity contribution < 1.29 is 19.4 Å². The first-order valence-corrected chi connectivity index (χ1v) is 8.10. The molecule has 1 aliphatic rings. The third kappa shape index (κ3) is 3.09. The number of carbonyl (C=O) groups is 2. The van der Waals surface area contributed by atoms with Gasteiger partial charge < -0.3 is 9.84 Å². The van der Waals surface area contributed by atoms with E-state index in [0.717, 1.165) is 0 Å². The summed E-state index contributed by atoms with van der Waals surface area (Å²) in [5, 5.41) is 10.0. The summed E-state index contributed by atoms with van der Waals surface area (Å²) in [6.07, 6.45) is 1.42. The van der Waals surface area contributed by atoms with Crippen LogP contribution in [0.3, 0.4) is 0 Å². The first-order valence-electron chi connectivity index (χ1n) is 7.31. The van der Waals surface area contributed by atoms with E-state index in [9.17, 15) is 14.7 Å². The number of hydrogen-bond donors (Lipinski definition) is 1. The van der Waals surface area contributed by atoms with Gasteiger partial charge in [-0.15, -0.1) is 0 Å². The molecule has 24 heavy (non-hydrogen) atoms. The van der Waals surface area contributed by atoms with Gasteiger partial charge in [0.1, 0.15) is 5.57 Å². The molecule has 0 bridgehead atoms. The van der Waals surface area contributed by atoms with Gasteiger partial charge in [0.25, 0.3) is 11.8 Å². The fourth-order valence-electron chi connectivity index (χ4n) is 2.38. The topological polar surface area (TPSA) is 70.1 Å². The van der Waals surface area contributed by atoms with Gasteiger partial charge in [0.15, 0.2) is 16.6 Å². The van der Waals surface area contributed by atoms with Gasteiger partial charge in [-0.1, -0.05) is 11.6 Å². The number of benzene rings is 1. The van der Waals surface area contributed by atoms with E-state index in [1.807, 2.05) is 0 Å². The van der Waals surface area contributed by atoms with Crippen molar-refractivity contribution in [2.24, 2.45) is 0 Å². The minimum absolute atomic E-state index is 0.0175. The Balaban J connectivity index is 2.54. The Labute approximate surface area is 150 Å². The Morgan fingerprint density at radius 2 is 1.75 bits per heavy atom. The maximum absolute atomic E-state index is 12.6. The number of methoxy groups -OCH3 is 1. The highest BCUT2D eigenvalue weighted by molar-refractivity contribution is 7.80. The monoisotopic (exact) mass is 368 g/mol. The predicted octanol–water partition coefficient (Wildman–Crippen LogP) is 2.43. The van der Waals surface area contributed by atoms with E-state index in [2.05, 4.69) is 0 Å². The Kier molecular flexibility index (Phi) is 5.46. The van der Waals surface area contributed by atoms with Gasteiger partial charge in [-0.05, 0) is 49.8 Å². The van der Waals surface area contributed by atoms with Crippen LogP contribution in [0.25, 0.3) is 6.08 Å². The first kappa shape index (κ1) is 18.2.